The molecule has 0 aromatic carbocycles. The first kappa shape index (κ1) is 31.4. The number of fused-ring (bicyclic) bond motifs is 1. The lowest BCUT2D eigenvalue weighted by molar-refractivity contribution is 0.123. The van der Waals surface area contributed by atoms with E-state index in [-0.39, 0.29) is 5.95 Å². The quantitative estimate of drug-likeness (QED) is 0.162. The highest BCUT2D eigenvalue weighted by atomic mass is 16.6. The van der Waals surface area contributed by atoms with Gasteiger partial charge in [0.25, 0.3) is 5.95 Å². The van der Waals surface area contributed by atoms with Crippen molar-refractivity contribution >= 4 is 0 Å². The zero-order valence-corrected chi connectivity index (χ0v) is 26.4. The predicted molar refractivity (Wildman–Crippen MR) is 169 cm³/mol. The lowest BCUT2D eigenvalue weighted by Crippen LogP contribution is -2.47. The van der Waals surface area contributed by atoms with Crippen molar-refractivity contribution in [2.45, 2.75) is 148 Å². The number of piperidine rings is 2. The lowest BCUT2D eigenvalue weighted by atomic mass is 9.77. The number of hydrogen-bond donors (Lipinski definition) is 1. The molecule has 0 aromatic heterocycles. The number of allylic oxidation sites excluding steroid dienone is 1. The number of rotatable bonds is 19. The van der Waals surface area contributed by atoms with E-state index in [1.807, 2.05) is 0 Å². The lowest BCUT2D eigenvalue weighted by Gasteiger charge is -2.46. The molecular weight excluding hydrogens is 492 g/mol. The fourth-order valence-corrected chi connectivity index (χ4v) is 7.44. The first-order valence-electron chi connectivity index (χ1n) is 17.3. The van der Waals surface area contributed by atoms with Gasteiger partial charge in [-0.25, -0.2) is 0 Å². The summed E-state index contributed by atoms with van der Waals surface area (Å²) in [6.07, 6.45) is 29.6. The van der Waals surface area contributed by atoms with Crippen molar-refractivity contribution in [2.75, 3.05) is 33.2 Å². The first-order chi connectivity index (χ1) is 19.6. The van der Waals surface area contributed by atoms with E-state index in [4.69, 9.17) is 4.74 Å². The second-order valence-corrected chi connectivity index (χ2v) is 13.2. The summed E-state index contributed by atoms with van der Waals surface area (Å²) >= 11 is 0. The van der Waals surface area contributed by atoms with Crippen LogP contribution in [0, 0.1) is 0 Å². The van der Waals surface area contributed by atoms with Gasteiger partial charge in [-0.3, -0.25) is 4.90 Å². The van der Waals surface area contributed by atoms with Gasteiger partial charge in [-0.1, -0.05) is 103 Å². The summed E-state index contributed by atoms with van der Waals surface area (Å²) < 4.78 is 6.20. The van der Waals surface area contributed by atoms with E-state index < -0.39 is 0 Å². The Morgan fingerprint density at radius 2 is 1.38 bits per heavy atom. The fraction of sp³-hybridized carbons (Fsp3) is 0.778. The van der Waals surface area contributed by atoms with Crippen molar-refractivity contribution in [3.63, 3.8) is 0 Å². The molecule has 1 atom stereocenters. The number of aliphatic hydroxyl groups excluding tert-OH is 1. The molecule has 4 nitrogen and oxygen atoms in total. The van der Waals surface area contributed by atoms with Crippen LogP contribution in [0.2, 0.25) is 0 Å². The molecule has 2 saturated heterocycles. The van der Waals surface area contributed by atoms with Gasteiger partial charge < -0.3 is 14.7 Å². The van der Waals surface area contributed by atoms with Crippen molar-refractivity contribution in [3.8, 4) is 0 Å². The second kappa shape index (κ2) is 16.8. The van der Waals surface area contributed by atoms with Crippen LogP contribution in [-0.4, -0.2) is 54.2 Å². The maximum atomic E-state index is 11.0. The average Bonchev–Trinajstić information content (AvgIpc) is 2.96. The predicted octanol–water partition coefficient (Wildman–Crippen LogP) is 9.75. The first-order valence-corrected chi connectivity index (χ1v) is 17.3. The monoisotopic (exact) mass is 552 g/mol. The second-order valence-electron chi connectivity index (χ2n) is 13.2. The van der Waals surface area contributed by atoms with Crippen LogP contribution in [-0.2, 0) is 4.74 Å². The Morgan fingerprint density at radius 3 is 1.98 bits per heavy atom. The number of likely N-dealkylation sites (N-methyl/N-ethyl adjacent to an activating group) is 1. The standard InChI is InChI=1S/C36H60N2O2/c1-4-5-6-7-8-9-10-11-12-13-14-15-16-17-18-19-24-37(3)28-33-29(2)32-27-30-22-20-25-38-26-21-23-31(34(30)38)35(32)40-36(33)39/h27,34,39H,4-26,28H2,1-3H3. The minimum absolute atomic E-state index is 0.132. The van der Waals surface area contributed by atoms with Gasteiger partial charge in [-0.15, -0.1) is 0 Å². The van der Waals surface area contributed by atoms with Gasteiger partial charge in [0.15, 0.2) is 0 Å². The Labute approximate surface area is 246 Å². The molecule has 3 aliphatic heterocycles. The van der Waals surface area contributed by atoms with Crippen LogP contribution in [0.15, 0.2) is 45.6 Å². The SMILES string of the molecule is CCCCCCCCCCCCCCCCCCN(C)CC1=C(O)OC2=C3CCCN4CCCC(=CC2=C1C)C34. The third kappa shape index (κ3) is 8.74. The molecule has 226 valence electrons. The summed E-state index contributed by atoms with van der Waals surface area (Å²) in [6, 6.07) is 0.418. The van der Waals surface area contributed by atoms with E-state index in [2.05, 4.69) is 36.8 Å². The molecule has 40 heavy (non-hydrogen) atoms. The zero-order valence-electron chi connectivity index (χ0n) is 26.4. The number of nitrogens with zero attached hydrogens (tertiary/aromatic N) is 2. The zero-order chi connectivity index (χ0) is 28.2. The third-order valence-electron chi connectivity index (χ3n) is 9.85. The van der Waals surface area contributed by atoms with Crippen molar-refractivity contribution in [3.05, 3.63) is 45.6 Å². The maximum absolute atomic E-state index is 11.0. The normalized spacial score (nSPS) is 21.1. The molecule has 0 bridgehead atoms. The van der Waals surface area contributed by atoms with Crippen LogP contribution in [0.3, 0.4) is 0 Å². The summed E-state index contributed by atoms with van der Waals surface area (Å²) in [5, 5.41) is 11.0. The summed E-state index contributed by atoms with van der Waals surface area (Å²) in [6.45, 7) is 8.69. The molecule has 4 aliphatic rings. The number of aliphatic hydroxyl groups is 1. The highest BCUT2D eigenvalue weighted by molar-refractivity contribution is 5.59. The highest BCUT2D eigenvalue weighted by Crippen LogP contribution is 2.45. The molecule has 2 fully saturated rings. The average molecular weight is 553 g/mol. The van der Waals surface area contributed by atoms with Crippen molar-refractivity contribution in [1.82, 2.24) is 9.80 Å². The molecule has 0 radical (unpaired) electrons. The summed E-state index contributed by atoms with van der Waals surface area (Å²) in [7, 11) is 2.19. The molecule has 4 heteroatoms. The maximum Gasteiger partial charge on any atom is 0.287 e. The van der Waals surface area contributed by atoms with Crippen LogP contribution < -0.4 is 0 Å². The minimum Gasteiger partial charge on any atom is -0.480 e. The summed E-state index contributed by atoms with van der Waals surface area (Å²) in [5.74, 6) is 1.09. The largest absolute Gasteiger partial charge is 0.480 e. The van der Waals surface area contributed by atoms with Gasteiger partial charge in [0.05, 0.1) is 11.6 Å². The molecule has 1 aliphatic carbocycles. The fourth-order valence-electron chi connectivity index (χ4n) is 7.44. The van der Waals surface area contributed by atoms with Gasteiger partial charge in [0.1, 0.15) is 5.76 Å². The molecule has 0 aromatic rings. The van der Waals surface area contributed by atoms with Gasteiger partial charge in [0, 0.05) is 12.1 Å². The smallest absolute Gasteiger partial charge is 0.287 e. The molecule has 0 amide bonds. The number of ether oxygens (including phenoxy) is 1. The van der Waals surface area contributed by atoms with E-state index in [1.54, 1.807) is 5.57 Å². The Kier molecular flexibility index (Phi) is 13.2. The van der Waals surface area contributed by atoms with E-state index in [0.29, 0.717) is 6.04 Å². The van der Waals surface area contributed by atoms with E-state index in [0.717, 1.165) is 30.8 Å². The number of unbranched alkanes of at least 4 members (excludes halogenated alkanes) is 15. The van der Waals surface area contributed by atoms with Crippen LogP contribution >= 0.6 is 0 Å². The van der Waals surface area contributed by atoms with Gasteiger partial charge in [-0.05, 0) is 88.5 Å². The van der Waals surface area contributed by atoms with Crippen molar-refractivity contribution in [2.24, 2.45) is 0 Å². The van der Waals surface area contributed by atoms with E-state index in [9.17, 15) is 5.11 Å². The highest BCUT2D eigenvalue weighted by Gasteiger charge is 2.40. The molecule has 0 spiro atoms. The van der Waals surface area contributed by atoms with Crippen molar-refractivity contribution < 1.29 is 9.84 Å². The molecule has 1 N–H and O–H groups in total. The van der Waals surface area contributed by atoms with Crippen LogP contribution in [0.25, 0.3) is 0 Å². The van der Waals surface area contributed by atoms with E-state index >= 15 is 0 Å². The molecule has 1 unspecified atom stereocenters. The Balaban J connectivity index is 1.09. The Hall–Kier alpha value is -1.52. The van der Waals surface area contributed by atoms with Gasteiger partial charge in [0.2, 0.25) is 0 Å². The van der Waals surface area contributed by atoms with Crippen LogP contribution in [0.1, 0.15) is 142 Å². The van der Waals surface area contributed by atoms with E-state index in [1.165, 1.54) is 152 Å². The molecule has 0 saturated carbocycles. The molecular formula is C36H60N2O2. The molecule has 4 rings (SSSR count). The Bertz CT molecular complexity index is 925. The van der Waals surface area contributed by atoms with Crippen molar-refractivity contribution in [1.29, 1.82) is 0 Å². The summed E-state index contributed by atoms with van der Waals surface area (Å²) in [4.78, 5) is 4.99. The molecule has 3 heterocycles. The minimum atomic E-state index is 0.132. The number of hydrogen-bond acceptors (Lipinski definition) is 4. The van der Waals surface area contributed by atoms with Gasteiger partial charge in [-0.2, -0.15) is 0 Å². The van der Waals surface area contributed by atoms with Crippen LogP contribution in [0.5, 0.6) is 0 Å². The summed E-state index contributed by atoms with van der Waals surface area (Å²) in [5.41, 5.74) is 6.37. The Morgan fingerprint density at radius 1 is 0.825 bits per heavy atom. The topological polar surface area (TPSA) is 35.9 Å². The van der Waals surface area contributed by atoms with Gasteiger partial charge >= 0.3 is 0 Å². The third-order valence-corrected chi connectivity index (χ3v) is 9.85. The van der Waals surface area contributed by atoms with Crippen LogP contribution in [0.4, 0.5) is 0 Å².